The van der Waals surface area contributed by atoms with E-state index in [1.807, 2.05) is 31.3 Å². The third-order valence-corrected chi connectivity index (χ3v) is 5.19. The smallest absolute Gasteiger partial charge is 0.191 e. The summed E-state index contributed by atoms with van der Waals surface area (Å²) in [6, 6.07) is 11.0. The molecule has 0 amide bonds. The fraction of sp³-hybridized carbons (Fsp3) is 0.478. The van der Waals surface area contributed by atoms with Gasteiger partial charge in [0.05, 0.1) is 25.8 Å². The van der Waals surface area contributed by atoms with Gasteiger partial charge in [-0.1, -0.05) is 18.2 Å². The van der Waals surface area contributed by atoms with Crippen LogP contribution in [0.4, 0.5) is 4.39 Å². The van der Waals surface area contributed by atoms with Gasteiger partial charge in [0, 0.05) is 38.1 Å². The number of pyridine rings is 1. The van der Waals surface area contributed by atoms with Crippen LogP contribution in [0.2, 0.25) is 0 Å². The third kappa shape index (κ3) is 8.34. The van der Waals surface area contributed by atoms with Crippen molar-refractivity contribution in [3.8, 4) is 0 Å². The van der Waals surface area contributed by atoms with E-state index in [1.165, 1.54) is 17.7 Å². The maximum Gasteiger partial charge on any atom is 0.191 e. The Bertz CT molecular complexity index is 795. The van der Waals surface area contributed by atoms with E-state index in [1.54, 1.807) is 0 Å². The molecule has 1 aromatic carbocycles. The SMILES string of the molecule is CCNC(=NCC(c1ccc(F)cc1)N1CCOCC1)NCCc1ccc(C)nc1.I. The summed E-state index contributed by atoms with van der Waals surface area (Å²) in [5.41, 5.74) is 3.29. The van der Waals surface area contributed by atoms with Gasteiger partial charge in [-0.15, -0.1) is 24.0 Å². The number of aryl methyl sites for hydroxylation is 1. The van der Waals surface area contributed by atoms with Crippen molar-refractivity contribution in [3.63, 3.8) is 0 Å². The molecule has 3 rings (SSSR count). The van der Waals surface area contributed by atoms with Gasteiger partial charge >= 0.3 is 0 Å². The molecule has 0 aliphatic carbocycles. The van der Waals surface area contributed by atoms with Crippen molar-refractivity contribution in [1.29, 1.82) is 0 Å². The molecule has 170 valence electrons. The Labute approximate surface area is 201 Å². The van der Waals surface area contributed by atoms with Crippen LogP contribution in [0.3, 0.4) is 0 Å². The lowest BCUT2D eigenvalue weighted by molar-refractivity contribution is 0.0179. The van der Waals surface area contributed by atoms with E-state index in [4.69, 9.17) is 9.73 Å². The molecule has 1 aliphatic heterocycles. The zero-order valence-electron chi connectivity index (χ0n) is 18.3. The summed E-state index contributed by atoms with van der Waals surface area (Å²) < 4.78 is 18.9. The van der Waals surface area contributed by atoms with Crippen molar-refractivity contribution in [3.05, 3.63) is 65.2 Å². The minimum absolute atomic E-state index is 0. The molecule has 1 aliphatic rings. The molecule has 0 radical (unpaired) electrons. The van der Waals surface area contributed by atoms with Crippen LogP contribution in [0.15, 0.2) is 47.6 Å². The highest BCUT2D eigenvalue weighted by atomic mass is 127. The molecule has 31 heavy (non-hydrogen) atoms. The molecule has 0 spiro atoms. The molecule has 1 unspecified atom stereocenters. The fourth-order valence-electron chi connectivity index (χ4n) is 3.50. The Morgan fingerprint density at radius 1 is 1.16 bits per heavy atom. The predicted molar refractivity (Wildman–Crippen MR) is 134 cm³/mol. The molecule has 2 heterocycles. The average Bonchev–Trinajstić information content (AvgIpc) is 2.77. The number of halogens is 2. The fourth-order valence-corrected chi connectivity index (χ4v) is 3.50. The van der Waals surface area contributed by atoms with Gasteiger partial charge < -0.3 is 15.4 Å². The number of rotatable bonds is 8. The Kier molecular flexibility index (Phi) is 11.2. The van der Waals surface area contributed by atoms with Crippen LogP contribution in [0.5, 0.6) is 0 Å². The lowest BCUT2D eigenvalue weighted by Gasteiger charge is -2.34. The van der Waals surface area contributed by atoms with Crippen molar-refractivity contribution < 1.29 is 9.13 Å². The summed E-state index contributed by atoms with van der Waals surface area (Å²) in [5.74, 6) is 0.571. The van der Waals surface area contributed by atoms with Gasteiger partial charge in [0.2, 0.25) is 0 Å². The minimum atomic E-state index is -0.219. The van der Waals surface area contributed by atoms with E-state index in [2.05, 4.69) is 33.5 Å². The second kappa shape index (κ2) is 13.6. The second-order valence-corrected chi connectivity index (χ2v) is 7.42. The predicted octanol–water partition coefficient (Wildman–Crippen LogP) is 3.32. The lowest BCUT2D eigenvalue weighted by Crippen LogP contribution is -2.42. The highest BCUT2D eigenvalue weighted by molar-refractivity contribution is 14.0. The first kappa shape index (κ1) is 25.5. The van der Waals surface area contributed by atoms with Crippen molar-refractivity contribution in [2.75, 3.05) is 45.9 Å². The maximum atomic E-state index is 13.4. The first-order valence-electron chi connectivity index (χ1n) is 10.7. The molecule has 0 saturated carbocycles. The first-order chi connectivity index (χ1) is 14.7. The number of hydrogen-bond acceptors (Lipinski definition) is 4. The Morgan fingerprint density at radius 2 is 1.90 bits per heavy atom. The minimum Gasteiger partial charge on any atom is -0.379 e. The van der Waals surface area contributed by atoms with E-state index in [9.17, 15) is 4.39 Å². The summed E-state index contributed by atoms with van der Waals surface area (Å²) in [4.78, 5) is 11.5. The third-order valence-electron chi connectivity index (χ3n) is 5.19. The number of hydrogen-bond donors (Lipinski definition) is 2. The second-order valence-electron chi connectivity index (χ2n) is 7.42. The van der Waals surface area contributed by atoms with Crippen LogP contribution in [0, 0.1) is 12.7 Å². The summed E-state index contributed by atoms with van der Waals surface area (Å²) in [6.07, 6.45) is 2.80. The molecule has 1 atom stereocenters. The van der Waals surface area contributed by atoms with Gasteiger partial charge in [-0.05, 0) is 49.6 Å². The molecule has 2 aromatic rings. The van der Waals surface area contributed by atoms with E-state index in [0.29, 0.717) is 19.8 Å². The number of nitrogens with one attached hydrogen (secondary N) is 2. The highest BCUT2D eigenvalue weighted by Gasteiger charge is 2.22. The Hall–Kier alpha value is -1.78. The summed E-state index contributed by atoms with van der Waals surface area (Å²) >= 11 is 0. The number of nitrogens with zero attached hydrogens (tertiary/aromatic N) is 3. The molecule has 6 nitrogen and oxygen atoms in total. The van der Waals surface area contributed by atoms with Crippen molar-refractivity contribution in [2.45, 2.75) is 26.3 Å². The van der Waals surface area contributed by atoms with Gasteiger partial charge in [-0.2, -0.15) is 0 Å². The number of aliphatic imine (C=N–C) groups is 1. The number of aromatic nitrogens is 1. The zero-order chi connectivity index (χ0) is 21.2. The van der Waals surface area contributed by atoms with Crippen LogP contribution in [0.1, 0.15) is 29.8 Å². The molecular formula is C23H33FIN5O. The Morgan fingerprint density at radius 3 is 2.55 bits per heavy atom. The van der Waals surface area contributed by atoms with Crippen LogP contribution >= 0.6 is 24.0 Å². The van der Waals surface area contributed by atoms with Gasteiger partial charge in [0.25, 0.3) is 0 Å². The maximum absolute atomic E-state index is 13.4. The van der Waals surface area contributed by atoms with E-state index >= 15 is 0 Å². The molecule has 1 saturated heterocycles. The molecule has 0 bridgehead atoms. The normalized spacial score (nSPS) is 15.8. The Balaban J connectivity index is 0.00000341. The van der Waals surface area contributed by atoms with E-state index < -0.39 is 0 Å². The summed E-state index contributed by atoms with van der Waals surface area (Å²) in [6.45, 7) is 9.32. The number of ether oxygens (including phenoxy) is 1. The highest BCUT2D eigenvalue weighted by Crippen LogP contribution is 2.22. The van der Waals surface area contributed by atoms with Crippen molar-refractivity contribution in [1.82, 2.24) is 20.5 Å². The number of benzene rings is 1. The average molecular weight is 541 g/mol. The monoisotopic (exact) mass is 541 g/mol. The molecule has 1 fully saturated rings. The van der Waals surface area contributed by atoms with Gasteiger partial charge in [0.15, 0.2) is 5.96 Å². The van der Waals surface area contributed by atoms with Crippen LogP contribution in [0.25, 0.3) is 0 Å². The first-order valence-corrected chi connectivity index (χ1v) is 10.7. The number of guanidine groups is 1. The molecule has 8 heteroatoms. The van der Waals surface area contributed by atoms with Crippen LogP contribution in [-0.2, 0) is 11.2 Å². The van der Waals surface area contributed by atoms with Crippen molar-refractivity contribution in [2.24, 2.45) is 4.99 Å². The largest absolute Gasteiger partial charge is 0.379 e. The van der Waals surface area contributed by atoms with Crippen LogP contribution < -0.4 is 10.6 Å². The molecule has 2 N–H and O–H groups in total. The number of morpholine rings is 1. The van der Waals surface area contributed by atoms with E-state index in [-0.39, 0.29) is 35.8 Å². The molecule has 1 aromatic heterocycles. The van der Waals surface area contributed by atoms with E-state index in [0.717, 1.165) is 49.8 Å². The quantitative estimate of drug-likeness (QED) is 0.305. The van der Waals surface area contributed by atoms with Gasteiger partial charge in [-0.3, -0.25) is 14.9 Å². The molecular weight excluding hydrogens is 508 g/mol. The van der Waals surface area contributed by atoms with Crippen LogP contribution in [-0.4, -0.2) is 61.8 Å². The van der Waals surface area contributed by atoms with Gasteiger partial charge in [0.1, 0.15) is 5.82 Å². The summed E-state index contributed by atoms with van der Waals surface area (Å²) in [7, 11) is 0. The lowest BCUT2D eigenvalue weighted by atomic mass is 10.0. The zero-order valence-corrected chi connectivity index (χ0v) is 20.6. The standard InChI is InChI=1S/C23H32FN5O.HI/c1-3-25-23(26-11-10-19-5-4-18(2)27-16-19)28-17-22(29-12-14-30-15-13-29)20-6-8-21(24)9-7-20;/h4-9,16,22H,3,10-15,17H2,1-2H3,(H2,25,26,28);1H. The van der Waals surface area contributed by atoms with Crippen molar-refractivity contribution >= 4 is 29.9 Å². The topological polar surface area (TPSA) is 61.8 Å². The summed E-state index contributed by atoms with van der Waals surface area (Å²) in [5, 5.41) is 6.73. The van der Waals surface area contributed by atoms with Gasteiger partial charge in [-0.25, -0.2) is 4.39 Å².